The number of fused-ring (bicyclic) bond motifs is 1. The minimum atomic E-state index is 0.945. The number of rotatable bonds is 4. The number of aromatic nitrogens is 2. The van der Waals surface area contributed by atoms with Gasteiger partial charge >= 0.3 is 0 Å². The Labute approximate surface area is 119 Å². The fraction of sp³-hybridized carbons (Fsp3) is 0.467. The molecule has 0 saturated heterocycles. The van der Waals surface area contributed by atoms with Crippen molar-refractivity contribution < 1.29 is 4.52 Å². The summed E-state index contributed by atoms with van der Waals surface area (Å²) in [5, 5.41) is 3.92. The first-order valence-corrected chi connectivity index (χ1v) is 7.01. The van der Waals surface area contributed by atoms with Gasteiger partial charge in [0.15, 0.2) is 0 Å². The zero-order valence-corrected chi connectivity index (χ0v) is 12.0. The molecule has 0 aromatic carbocycles. The largest absolute Gasteiger partial charge is 0.361 e. The summed E-state index contributed by atoms with van der Waals surface area (Å²) in [7, 11) is 2.13. The Morgan fingerprint density at radius 1 is 1.40 bits per heavy atom. The van der Waals surface area contributed by atoms with Crippen molar-refractivity contribution in [3.05, 3.63) is 41.5 Å². The van der Waals surface area contributed by atoms with E-state index in [-0.39, 0.29) is 0 Å². The summed E-state index contributed by atoms with van der Waals surface area (Å²) in [4.78, 5) is 8.94. The van der Waals surface area contributed by atoms with Crippen molar-refractivity contribution in [1.29, 1.82) is 0 Å². The summed E-state index contributed by atoms with van der Waals surface area (Å²) in [6, 6.07) is 4.10. The molecule has 106 valence electrons. The van der Waals surface area contributed by atoms with Crippen molar-refractivity contribution in [3.63, 3.8) is 0 Å². The predicted octanol–water partition coefficient (Wildman–Crippen LogP) is 2.22. The van der Waals surface area contributed by atoms with Crippen LogP contribution in [-0.4, -0.2) is 35.3 Å². The standard InChI is InChI=1S/C15H20N4O/c1-12-8-14(20-17-12)4-3-7-19-10-13-9-16-6-5-15(13)18(2)11-19/h5-6,8-9H,3-4,7,10-11H2,1-2H3. The van der Waals surface area contributed by atoms with Crippen LogP contribution in [0.15, 0.2) is 29.0 Å². The van der Waals surface area contributed by atoms with Gasteiger partial charge in [0.1, 0.15) is 5.76 Å². The monoisotopic (exact) mass is 272 g/mol. The Kier molecular flexibility index (Phi) is 3.69. The second kappa shape index (κ2) is 5.63. The van der Waals surface area contributed by atoms with Crippen LogP contribution >= 0.6 is 0 Å². The maximum Gasteiger partial charge on any atom is 0.137 e. The maximum atomic E-state index is 5.24. The van der Waals surface area contributed by atoms with Crippen molar-refractivity contribution in [2.75, 3.05) is 25.2 Å². The van der Waals surface area contributed by atoms with Crippen molar-refractivity contribution in [2.24, 2.45) is 0 Å². The van der Waals surface area contributed by atoms with Gasteiger partial charge in [0.2, 0.25) is 0 Å². The summed E-state index contributed by atoms with van der Waals surface area (Å²) < 4.78 is 5.24. The third-order valence-electron chi connectivity index (χ3n) is 3.67. The molecule has 0 unspecified atom stereocenters. The fourth-order valence-corrected chi connectivity index (χ4v) is 2.74. The van der Waals surface area contributed by atoms with Gasteiger partial charge in [-0.2, -0.15) is 0 Å². The van der Waals surface area contributed by atoms with Crippen molar-refractivity contribution >= 4 is 5.69 Å². The fourth-order valence-electron chi connectivity index (χ4n) is 2.74. The first kappa shape index (κ1) is 13.1. The second-order valence-electron chi connectivity index (χ2n) is 5.43. The van der Waals surface area contributed by atoms with E-state index in [9.17, 15) is 0 Å². The van der Waals surface area contributed by atoms with E-state index in [1.807, 2.05) is 25.4 Å². The predicted molar refractivity (Wildman–Crippen MR) is 77.5 cm³/mol. The van der Waals surface area contributed by atoms with Crippen molar-refractivity contribution in [3.8, 4) is 0 Å². The minimum absolute atomic E-state index is 0.945. The van der Waals surface area contributed by atoms with Crippen LogP contribution in [0.3, 0.4) is 0 Å². The molecule has 1 aliphatic rings. The SMILES string of the molecule is Cc1cc(CCCN2Cc3cnccc3N(C)C2)on1. The van der Waals surface area contributed by atoms with Crippen molar-refractivity contribution in [1.82, 2.24) is 15.0 Å². The Morgan fingerprint density at radius 2 is 2.30 bits per heavy atom. The molecular formula is C15H20N4O. The zero-order valence-electron chi connectivity index (χ0n) is 12.0. The molecule has 5 nitrogen and oxygen atoms in total. The van der Waals surface area contributed by atoms with E-state index >= 15 is 0 Å². The Balaban J connectivity index is 1.55. The molecule has 3 heterocycles. The van der Waals surface area contributed by atoms with Gasteiger partial charge in [0.25, 0.3) is 0 Å². The first-order valence-electron chi connectivity index (χ1n) is 7.01. The molecule has 5 heteroatoms. The second-order valence-corrected chi connectivity index (χ2v) is 5.43. The average Bonchev–Trinajstić information content (AvgIpc) is 2.85. The van der Waals surface area contributed by atoms with E-state index in [4.69, 9.17) is 4.52 Å². The summed E-state index contributed by atoms with van der Waals surface area (Å²) in [6.07, 6.45) is 5.86. The van der Waals surface area contributed by atoms with Gasteiger partial charge in [-0.1, -0.05) is 5.16 Å². The molecule has 0 spiro atoms. The number of pyridine rings is 1. The van der Waals surface area contributed by atoms with Gasteiger partial charge in [-0.15, -0.1) is 0 Å². The van der Waals surface area contributed by atoms with Crippen LogP contribution in [0.2, 0.25) is 0 Å². The van der Waals surface area contributed by atoms with E-state index in [0.717, 1.165) is 44.1 Å². The number of hydrogen-bond donors (Lipinski definition) is 0. The van der Waals surface area contributed by atoms with Crippen LogP contribution in [0.5, 0.6) is 0 Å². The van der Waals surface area contributed by atoms with Gasteiger partial charge in [-0.3, -0.25) is 9.88 Å². The van der Waals surface area contributed by atoms with Crippen LogP contribution in [0, 0.1) is 6.92 Å². The number of nitrogens with zero attached hydrogens (tertiary/aromatic N) is 4. The summed E-state index contributed by atoms with van der Waals surface area (Å²) in [5.74, 6) is 0.981. The molecule has 20 heavy (non-hydrogen) atoms. The molecule has 0 atom stereocenters. The van der Waals surface area contributed by atoms with Crippen LogP contribution in [0.1, 0.15) is 23.4 Å². The number of hydrogen-bond acceptors (Lipinski definition) is 5. The minimum Gasteiger partial charge on any atom is -0.361 e. The molecule has 0 amide bonds. The lowest BCUT2D eigenvalue weighted by Crippen LogP contribution is -2.40. The summed E-state index contributed by atoms with van der Waals surface area (Å²) in [6.45, 7) is 4.95. The van der Waals surface area contributed by atoms with E-state index in [2.05, 4.69) is 33.1 Å². The quantitative estimate of drug-likeness (QED) is 0.854. The molecule has 1 aliphatic heterocycles. The molecule has 0 fully saturated rings. The molecule has 2 aromatic heterocycles. The lowest BCUT2D eigenvalue weighted by atomic mass is 10.1. The zero-order chi connectivity index (χ0) is 13.9. The van der Waals surface area contributed by atoms with E-state index < -0.39 is 0 Å². The van der Waals surface area contributed by atoms with Crippen LogP contribution in [-0.2, 0) is 13.0 Å². The lowest BCUT2D eigenvalue weighted by molar-refractivity contribution is 0.250. The first-order chi connectivity index (χ1) is 9.72. The highest BCUT2D eigenvalue weighted by Crippen LogP contribution is 2.24. The maximum absolute atomic E-state index is 5.24. The third-order valence-corrected chi connectivity index (χ3v) is 3.67. The highest BCUT2D eigenvalue weighted by molar-refractivity contribution is 5.52. The molecule has 0 aliphatic carbocycles. The van der Waals surface area contributed by atoms with Crippen LogP contribution in [0.4, 0.5) is 5.69 Å². The highest BCUT2D eigenvalue weighted by Gasteiger charge is 2.19. The molecule has 0 N–H and O–H groups in total. The Morgan fingerprint density at radius 3 is 3.10 bits per heavy atom. The van der Waals surface area contributed by atoms with Gasteiger partial charge in [0, 0.05) is 56.3 Å². The van der Waals surface area contributed by atoms with Gasteiger partial charge < -0.3 is 9.42 Å². The van der Waals surface area contributed by atoms with E-state index in [0.29, 0.717) is 0 Å². The van der Waals surface area contributed by atoms with Gasteiger partial charge in [0.05, 0.1) is 12.4 Å². The molecule has 0 bridgehead atoms. The topological polar surface area (TPSA) is 45.4 Å². The average molecular weight is 272 g/mol. The molecule has 0 radical (unpaired) electrons. The van der Waals surface area contributed by atoms with Gasteiger partial charge in [-0.05, 0) is 19.4 Å². The number of aryl methyl sites for hydroxylation is 2. The van der Waals surface area contributed by atoms with Crippen LogP contribution in [0.25, 0.3) is 0 Å². The van der Waals surface area contributed by atoms with E-state index in [1.165, 1.54) is 11.3 Å². The van der Waals surface area contributed by atoms with Crippen molar-refractivity contribution in [2.45, 2.75) is 26.3 Å². The molecule has 3 rings (SSSR count). The number of anilines is 1. The molecule has 2 aromatic rings. The Hall–Kier alpha value is -1.88. The normalized spacial score (nSPS) is 15.4. The third kappa shape index (κ3) is 2.82. The summed E-state index contributed by atoms with van der Waals surface area (Å²) >= 11 is 0. The van der Waals surface area contributed by atoms with E-state index in [1.54, 1.807) is 0 Å². The highest BCUT2D eigenvalue weighted by atomic mass is 16.5. The Bertz CT molecular complexity index is 581. The molecule has 0 saturated carbocycles. The van der Waals surface area contributed by atoms with Crippen LogP contribution < -0.4 is 4.90 Å². The summed E-state index contributed by atoms with van der Waals surface area (Å²) in [5.41, 5.74) is 3.55. The molecular weight excluding hydrogens is 252 g/mol. The smallest absolute Gasteiger partial charge is 0.137 e. The van der Waals surface area contributed by atoms with Gasteiger partial charge in [-0.25, -0.2) is 0 Å². The lowest BCUT2D eigenvalue weighted by Gasteiger charge is -2.35.